The van der Waals surface area contributed by atoms with Crippen molar-refractivity contribution in [2.75, 3.05) is 6.61 Å². The highest BCUT2D eigenvalue weighted by Crippen LogP contribution is 2.36. The Morgan fingerprint density at radius 1 is 0.640 bits per heavy atom. The van der Waals surface area contributed by atoms with E-state index in [0.29, 0.717) is 0 Å². The van der Waals surface area contributed by atoms with Crippen LogP contribution in [0.15, 0.2) is 126 Å². The molecule has 0 spiro atoms. The predicted octanol–water partition coefficient (Wildman–Crippen LogP) is 6.71. The summed E-state index contributed by atoms with van der Waals surface area (Å²) in [6.45, 7) is 3.64. The fourth-order valence-corrected chi connectivity index (χ4v) is 5.64. The van der Waals surface area contributed by atoms with Crippen LogP contribution in [0.25, 0.3) is 10.4 Å². The Morgan fingerprint density at radius 3 is 1.50 bits per heavy atom. The number of rotatable bonds is 14. The van der Waals surface area contributed by atoms with Crippen molar-refractivity contribution >= 4 is 17.9 Å². The van der Waals surface area contributed by atoms with Gasteiger partial charge >= 0.3 is 17.9 Å². The first kappa shape index (κ1) is 35.8. The van der Waals surface area contributed by atoms with Crippen LogP contribution in [0.1, 0.15) is 50.5 Å². The van der Waals surface area contributed by atoms with E-state index in [1.165, 1.54) is 0 Å². The van der Waals surface area contributed by atoms with Crippen LogP contribution in [0.5, 0.6) is 0 Å². The molecule has 4 aromatic carbocycles. The lowest BCUT2D eigenvalue weighted by Crippen LogP contribution is -2.67. The second-order valence-electron chi connectivity index (χ2n) is 11.3. The summed E-state index contributed by atoms with van der Waals surface area (Å²) >= 11 is 0. The predicted molar refractivity (Wildman–Crippen MR) is 181 cm³/mol. The van der Waals surface area contributed by atoms with E-state index in [2.05, 4.69) is 10.0 Å². The summed E-state index contributed by atoms with van der Waals surface area (Å²) in [7, 11) is 0. The average molecular weight is 680 g/mol. The number of benzene rings is 4. The molecule has 4 aromatic rings. The number of hydrogen-bond donors (Lipinski definition) is 0. The van der Waals surface area contributed by atoms with E-state index in [9.17, 15) is 19.9 Å². The van der Waals surface area contributed by atoms with Crippen LogP contribution < -0.4 is 0 Å². The number of hydrogen-bond acceptors (Lipinski definition) is 10. The van der Waals surface area contributed by atoms with Gasteiger partial charge in [-0.15, -0.1) is 0 Å². The smallest absolute Gasteiger partial charge is 0.338 e. The molecule has 0 saturated heterocycles. The Morgan fingerprint density at radius 2 is 1.06 bits per heavy atom. The molecule has 0 amide bonds. The quantitative estimate of drug-likeness (QED) is 0.0353. The summed E-state index contributed by atoms with van der Waals surface area (Å²) in [6, 6.07) is 32.4. The molecular formula is C38H37N3O9. The van der Waals surface area contributed by atoms with E-state index in [4.69, 9.17) is 28.4 Å². The Bertz CT molecular complexity index is 1740. The average Bonchev–Trinajstić information content (AvgIpc) is 3.15. The zero-order chi connectivity index (χ0) is 35.3. The van der Waals surface area contributed by atoms with Crippen LogP contribution in [0.2, 0.25) is 0 Å². The van der Waals surface area contributed by atoms with Crippen molar-refractivity contribution in [2.24, 2.45) is 5.11 Å². The van der Waals surface area contributed by atoms with Crippen molar-refractivity contribution in [2.45, 2.75) is 63.3 Å². The second-order valence-corrected chi connectivity index (χ2v) is 11.3. The highest BCUT2D eigenvalue weighted by atomic mass is 16.7. The number of esters is 3. The topological polar surface area (TPSA) is 155 Å². The fraction of sp³-hybridized carbons (Fsp3) is 0.289. The molecule has 12 heteroatoms. The third kappa shape index (κ3) is 9.13. The molecule has 1 saturated carbocycles. The zero-order valence-corrected chi connectivity index (χ0v) is 27.5. The van der Waals surface area contributed by atoms with Gasteiger partial charge in [0.2, 0.25) is 0 Å². The van der Waals surface area contributed by atoms with E-state index in [1.54, 1.807) is 105 Å². The maximum atomic E-state index is 13.7. The van der Waals surface area contributed by atoms with Crippen molar-refractivity contribution in [3.8, 4) is 0 Å². The minimum absolute atomic E-state index is 0.0243. The molecule has 0 aliphatic heterocycles. The molecule has 5 rings (SSSR count). The molecular weight excluding hydrogens is 642 g/mol. The van der Waals surface area contributed by atoms with E-state index >= 15 is 0 Å². The van der Waals surface area contributed by atoms with Crippen LogP contribution in [0, 0.1) is 0 Å². The van der Waals surface area contributed by atoms with Crippen molar-refractivity contribution in [1.29, 1.82) is 0 Å². The Labute approximate surface area is 289 Å². The van der Waals surface area contributed by atoms with Crippen molar-refractivity contribution < 1.29 is 42.8 Å². The Hall–Kier alpha value is -5.52. The molecule has 0 bridgehead atoms. The van der Waals surface area contributed by atoms with Crippen molar-refractivity contribution in [3.63, 3.8) is 0 Å². The Balaban J connectivity index is 1.65. The number of ether oxygens (including phenoxy) is 6. The lowest BCUT2D eigenvalue weighted by molar-refractivity contribution is -0.251. The molecule has 1 aliphatic carbocycles. The molecule has 7 atom stereocenters. The summed E-state index contributed by atoms with van der Waals surface area (Å²) in [5, 5.41) is 4.00. The third-order valence-electron chi connectivity index (χ3n) is 7.95. The first-order chi connectivity index (χ1) is 24.4. The fourth-order valence-electron chi connectivity index (χ4n) is 5.64. The highest BCUT2D eigenvalue weighted by Gasteiger charge is 2.58. The molecule has 0 radical (unpaired) electrons. The number of carbonyl (C=O) groups excluding carboxylic acids is 3. The normalized spacial score (nSPS) is 22.0. The van der Waals surface area contributed by atoms with Gasteiger partial charge in [0.1, 0.15) is 18.2 Å². The highest BCUT2D eigenvalue weighted by molar-refractivity contribution is 5.91. The lowest BCUT2D eigenvalue weighted by atomic mass is 9.82. The first-order valence-corrected chi connectivity index (χ1v) is 16.1. The minimum Gasteiger partial charge on any atom is -0.454 e. The number of azide groups is 1. The third-order valence-corrected chi connectivity index (χ3v) is 7.95. The van der Waals surface area contributed by atoms with Gasteiger partial charge in [-0.2, -0.15) is 0 Å². The van der Waals surface area contributed by atoms with Gasteiger partial charge in [-0.1, -0.05) is 90.0 Å². The van der Waals surface area contributed by atoms with E-state index < -0.39 is 60.8 Å². The maximum Gasteiger partial charge on any atom is 0.338 e. The van der Waals surface area contributed by atoms with E-state index in [1.807, 2.05) is 30.3 Å². The van der Waals surface area contributed by atoms with Crippen molar-refractivity contribution in [3.05, 3.63) is 154 Å². The van der Waals surface area contributed by atoms with Gasteiger partial charge in [0.15, 0.2) is 24.6 Å². The standard InChI is InChI=1S/C38H37N3O9/c1-3-45-25(2)47-31-30(40-41-39)32(48-36(42)27-18-10-5-11-19-27)35(50-38(44)29-22-14-7-15-23-29)33(46-24-26-16-8-4-9-17-26)34(31)49-37(43)28-20-12-6-13-21-28/h4-23,25,30-35H,3,24H2,1-2H3/t25?,30-,31+,32+,33-,34+,35-/m0/s1. The van der Waals surface area contributed by atoms with Gasteiger partial charge < -0.3 is 28.4 Å². The van der Waals surface area contributed by atoms with Gasteiger partial charge in [0, 0.05) is 11.5 Å². The van der Waals surface area contributed by atoms with Gasteiger partial charge in [0.05, 0.1) is 23.3 Å². The van der Waals surface area contributed by atoms with Gasteiger partial charge in [-0.3, -0.25) is 0 Å². The molecule has 258 valence electrons. The van der Waals surface area contributed by atoms with Gasteiger partial charge in [-0.05, 0) is 61.3 Å². The molecule has 1 fully saturated rings. The Kier molecular flexibility index (Phi) is 12.7. The molecule has 50 heavy (non-hydrogen) atoms. The first-order valence-electron chi connectivity index (χ1n) is 16.1. The largest absolute Gasteiger partial charge is 0.454 e. The van der Waals surface area contributed by atoms with Gasteiger partial charge in [-0.25, -0.2) is 14.4 Å². The van der Waals surface area contributed by atoms with Crippen LogP contribution in [0.3, 0.4) is 0 Å². The SMILES string of the molecule is CCOC(C)O[C@@H]1[C@H](N=[N+]=[N-])[C@@H](OC(=O)c2ccccc2)[C@H](OC(=O)c2ccccc2)[C@@H](OCc2ccccc2)[C@@H]1OC(=O)c1ccccc1. The van der Waals surface area contributed by atoms with E-state index in [-0.39, 0.29) is 29.9 Å². The minimum atomic E-state index is -1.47. The van der Waals surface area contributed by atoms with Crippen molar-refractivity contribution in [1.82, 2.24) is 0 Å². The summed E-state index contributed by atoms with van der Waals surface area (Å²) in [5.41, 5.74) is 11.2. The number of nitrogens with zero attached hydrogens (tertiary/aromatic N) is 3. The monoisotopic (exact) mass is 679 g/mol. The van der Waals surface area contributed by atoms with Crippen LogP contribution in [0.4, 0.5) is 0 Å². The summed E-state index contributed by atoms with van der Waals surface area (Å²) in [4.78, 5) is 44.1. The van der Waals surface area contributed by atoms with Crippen LogP contribution >= 0.6 is 0 Å². The molecule has 1 aliphatic rings. The van der Waals surface area contributed by atoms with Crippen LogP contribution in [-0.2, 0) is 35.0 Å². The maximum absolute atomic E-state index is 13.7. The van der Waals surface area contributed by atoms with Crippen LogP contribution in [-0.4, -0.2) is 67.4 Å². The molecule has 12 nitrogen and oxygen atoms in total. The number of carbonyl (C=O) groups is 3. The lowest BCUT2D eigenvalue weighted by Gasteiger charge is -2.48. The second kappa shape index (κ2) is 17.8. The molecule has 0 aromatic heterocycles. The molecule has 0 N–H and O–H groups in total. The van der Waals surface area contributed by atoms with Gasteiger partial charge in [0.25, 0.3) is 0 Å². The summed E-state index contributed by atoms with van der Waals surface area (Å²) < 4.78 is 36.8. The summed E-state index contributed by atoms with van der Waals surface area (Å²) in [6.07, 6.45) is -7.83. The van der Waals surface area contributed by atoms with E-state index in [0.717, 1.165) is 5.56 Å². The molecule has 0 heterocycles. The zero-order valence-electron chi connectivity index (χ0n) is 27.5. The summed E-state index contributed by atoms with van der Waals surface area (Å²) in [5.74, 6) is -2.30. The molecule has 1 unspecified atom stereocenters.